The van der Waals surface area contributed by atoms with E-state index in [1.54, 1.807) is 6.92 Å². The standard InChI is InChI=1S/C27H38O4/c1-5-7-9-10-20-30-26-17-15-25(16-18-26)24-13-11-23(12-14-24)21(3)31-27(28)22(4)29-19-8-6-2/h11-18,21-22H,5-10,19-20H2,1-4H3. The topological polar surface area (TPSA) is 44.8 Å². The molecule has 0 aliphatic carbocycles. The zero-order chi connectivity index (χ0) is 22.5. The van der Waals surface area contributed by atoms with Crippen LogP contribution in [0.15, 0.2) is 48.5 Å². The fourth-order valence-electron chi connectivity index (χ4n) is 3.22. The maximum atomic E-state index is 12.2. The van der Waals surface area contributed by atoms with E-state index in [2.05, 4.69) is 38.1 Å². The summed E-state index contributed by atoms with van der Waals surface area (Å²) in [4.78, 5) is 12.2. The maximum absolute atomic E-state index is 12.2. The lowest BCUT2D eigenvalue weighted by Crippen LogP contribution is -2.25. The molecule has 2 unspecified atom stereocenters. The lowest BCUT2D eigenvalue weighted by molar-refractivity contribution is -0.161. The first-order valence-electron chi connectivity index (χ1n) is 11.7. The Bertz CT molecular complexity index is 752. The Labute approximate surface area is 187 Å². The Morgan fingerprint density at radius 2 is 1.39 bits per heavy atom. The molecule has 0 N–H and O–H groups in total. The van der Waals surface area contributed by atoms with Crippen molar-refractivity contribution in [1.82, 2.24) is 0 Å². The lowest BCUT2D eigenvalue weighted by Gasteiger charge is -2.18. The first kappa shape index (κ1) is 24.9. The number of hydrogen-bond donors (Lipinski definition) is 0. The number of unbranched alkanes of at least 4 members (excludes halogenated alkanes) is 4. The lowest BCUT2D eigenvalue weighted by atomic mass is 10.0. The molecule has 0 fully saturated rings. The molecule has 170 valence electrons. The second-order valence-corrected chi connectivity index (χ2v) is 8.00. The molecule has 2 aromatic carbocycles. The van der Waals surface area contributed by atoms with Crippen LogP contribution in [0.3, 0.4) is 0 Å². The molecule has 4 nitrogen and oxygen atoms in total. The molecule has 4 heteroatoms. The van der Waals surface area contributed by atoms with Crippen molar-refractivity contribution in [3.05, 3.63) is 54.1 Å². The third-order valence-electron chi connectivity index (χ3n) is 5.32. The summed E-state index contributed by atoms with van der Waals surface area (Å²) in [5, 5.41) is 0. The summed E-state index contributed by atoms with van der Waals surface area (Å²) in [7, 11) is 0. The smallest absolute Gasteiger partial charge is 0.335 e. The molecule has 0 saturated heterocycles. The van der Waals surface area contributed by atoms with E-state index in [9.17, 15) is 4.79 Å². The summed E-state index contributed by atoms with van der Waals surface area (Å²) in [6, 6.07) is 16.3. The molecular formula is C27H38O4. The van der Waals surface area contributed by atoms with Crippen molar-refractivity contribution in [1.29, 1.82) is 0 Å². The second-order valence-electron chi connectivity index (χ2n) is 8.00. The Morgan fingerprint density at radius 1 is 0.774 bits per heavy atom. The van der Waals surface area contributed by atoms with E-state index >= 15 is 0 Å². The minimum Gasteiger partial charge on any atom is -0.494 e. The second kappa shape index (κ2) is 13.9. The molecule has 2 rings (SSSR count). The zero-order valence-electron chi connectivity index (χ0n) is 19.6. The van der Waals surface area contributed by atoms with Crippen molar-refractivity contribution in [3.63, 3.8) is 0 Å². The van der Waals surface area contributed by atoms with Gasteiger partial charge >= 0.3 is 5.97 Å². The van der Waals surface area contributed by atoms with Crippen LogP contribution in [0.25, 0.3) is 11.1 Å². The normalized spacial score (nSPS) is 12.9. The quantitative estimate of drug-likeness (QED) is 0.238. The van der Waals surface area contributed by atoms with Crippen LogP contribution >= 0.6 is 0 Å². The molecule has 0 saturated carbocycles. The third kappa shape index (κ3) is 8.74. The van der Waals surface area contributed by atoms with Crippen LogP contribution in [-0.2, 0) is 14.3 Å². The van der Waals surface area contributed by atoms with Crippen LogP contribution in [0.5, 0.6) is 5.75 Å². The predicted molar refractivity (Wildman–Crippen MR) is 126 cm³/mol. The largest absolute Gasteiger partial charge is 0.494 e. The van der Waals surface area contributed by atoms with Gasteiger partial charge in [-0.2, -0.15) is 0 Å². The van der Waals surface area contributed by atoms with Gasteiger partial charge in [0.2, 0.25) is 0 Å². The predicted octanol–water partition coefficient (Wildman–Crippen LogP) is 7.12. The fraction of sp³-hybridized carbons (Fsp3) is 0.519. The van der Waals surface area contributed by atoms with E-state index in [1.807, 2.05) is 31.2 Å². The van der Waals surface area contributed by atoms with Gasteiger partial charge in [-0.25, -0.2) is 4.79 Å². The Kier molecular flexibility index (Phi) is 11.2. The van der Waals surface area contributed by atoms with Gasteiger partial charge in [-0.3, -0.25) is 0 Å². The van der Waals surface area contributed by atoms with E-state index in [1.165, 1.54) is 19.3 Å². The molecule has 0 heterocycles. The molecule has 0 aromatic heterocycles. The molecule has 0 aliphatic heterocycles. The van der Waals surface area contributed by atoms with Gasteiger partial charge in [0.15, 0.2) is 6.10 Å². The number of rotatable bonds is 14. The van der Waals surface area contributed by atoms with Gasteiger partial charge in [0.1, 0.15) is 11.9 Å². The number of carbonyl (C=O) groups is 1. The third-order valence-corrected chi connectivity index (χ3v) is 5.32. The summed E-state index contributed by atoms with van der Waals surface area (Å²) in [6.45, 7) is 9.29. The summed E-state index contributed by atoms with van der Waals surface area (Å²) >= 11 is 0. The van der Waals surface area contributed by atoms with Gasteiger partial charge in [0, 0.05) is 6.61 Å². The van der Waals surface area contributed by atoms with Crippen LogP contribution in [0.4, 0.5) is 0 Å². The average Bonchev–Trinajstić information content (AvgIpc) is 2.79. The molecule has 0 bridgehead atoms. The first-order chi connectivity index (χ1) is 15.0. The Morgan fingerprint density at radius 3 is 2.00 bits per heavy atom. The summed E-state index contributed by atoms with van der Waals surface area (Å²) in [6.07, 6.45) is 5.95. The highest BCUT2D eigenvalue weighted by Gasteiger charge is 2.18. The van der Waals surface area contributed by atoms with Crippen molar-refractivity contribution in [3.8, 4) is 16.9 Å². The van der Waals surface area contributed by atoms with E-state index in [0.717, 1.165) is 48.3 Å². The van der Waals surface area contributed by atoms with Crippen LogP contribution in [0.2, 0.25) is 0 Å². The van der Waals surface area contributed by atoms with E-state index in [4.69, 9.17) is 14.2 Å². The van der Waals surface area contributed by atoms with E-state index in [0.29, 0.717) is 6.61 Å². The summed E-state index contributed by atoms with van der Waals surface area (Å²) in [5.74, 6) is 0.589. The van der Waals surface area contributed by atoms with Gasteiger partial charge < -0.3 is 14.2 Å². The highest BCUT2D eigenvalue weighted by Crippen LogP contribution is 2.25. The number of ether oxygens (including phenoxy) is 3. The molecule has 0 radical (unpaired) electrons. The van der Waals surface area contributed by atoms with Gasteiger partial charge in [-0.05, 0) is 55.5 Å². The molecule has 0 amide bonds. The molecule has 0 spiro atoms. The molecule has 2 atom stereocenters. The molecule has 2 aromatic rings. The monoisotopic (exact) mass is 426 g/mol. The van der Waals surface area contributed by atoms with E-state index in [-0.39, 0.29) is 12.1 Å². The highest BCUT2D eigenvalue weighted by molar-refractivity contribution is 5.74. The Hall–Kier alpha value is -2.33. The van der Waals surface area contributed by atoms with Gasteiger partial charge in [0.25, 0.3) is 0 Å². The molecular weight excluding hydrogens is 388 g/mol. The van der Waals surface area contributed by atoms with Crippen LogP contribution in [-0.4, -0.2) is 25.3 Å². The summed E-state index contributed by atoms with van der Waals surface area (Å²) < 4.78 is 16.9. The molecule has 31 heavy (non-hydrogen) atoms. The van der Waals surface area contributed by atoms with E-state index < -0.39 is 6.10 Å². The zero-order valence-corrected chi connectivity index (χ0v) is 19.6. The van der Waals surface area contributed by atoms with Crippen LogP contribution in [0, 0.1) is 0 Å². The van der Waals surface area contributed by atoms with Crippen LogP contribution < -0.4 is 4.74 Å². The number of carbonyl (C=O) groups excluding carboxylic acids is 1. The van der Waals surface area contributed by atoms with Crippen molar-refractivity contribution in [2.24, 2.45) is 0 Å². The van der Waals surface area contributed by atoms with Crippen molar-refractivity contribution in [2.45, 2.75) is 78.4 Å². The average molecular weight is 427 g/mol. The van der Waals surface area contributed by atoms with Crippen LogP contribution in [0.1, 0.15) is 77.9 Å². The maximum Gasteiger partial charge on any atom is 0.335 e. The Balaban J connectivity index is 1.85. The molecule has 0 aliphatic rings. The summed E-state index contributed by atoms with van der Waals surface area (Å²) in [5.41, 5.74) is 3.21. The minimum absolute atomic E-state index is 0.317. The minimum atomic E-state index is -0.541. The SMILES string of the molecule is CCCCCCOc1ccc(-c2ccc(C(C)OC(=O)C(C)OCCCC)cc2)cc1. The number of benzene rings is 2. The van der Waals surface area contributed by atoms with Gasteiger partial charge in [-0.15, -0.1) is 0 Å². The van der Waals surface area contributed by atoms with Gasteiger partial charge in [0.05, 0.1) is 6.61 Å². The number of esters is 1. The van der Waals surface area contributed by atoms with Crippen molar-refractivity contribution < 1.29 is 19.0 Å². The fourth-order valence-corrected chi connectivity index (χ4v) is 3.22. The first-order valence-corrected chi connectivity index (χ1v) is 11.7. The number of hydrogen-bond acceptors (Lipinski definition) is 4. The van der Waals surface area contributed by atoms with Gasteiger partial charge in [-0.1, -0.05) is 75.9 Å². The van der Waals surface area contributed by atoms with Crippen molar-refractivity contribution >= 4 is 5.97 Å². The van der Waals surface area contributed by atoms with Crippen molar-refractivity contribution in [2.75, 3.05) is 13.2 Å². The highest BCUT2D eigenvalue weighted by atomic mass is 16.6.